The summed E-state index contributed by atoms with van der Waals surface area (Å²) in [5, 5.41) is 2.69. The Hall–Kier alpha value is -2.76. The van der Waals surface area contributed by atoms with E-state index in [4.69, 9.17) is 15.7 Å². The summed E-state index contributed by atoms with van der Waals surface area (Å²) in [6.45, 7) is 3.73. The molecule has 1 saturated carbocycles. The first-order valence-electron chi connectivity index (χ1n) is 13.1. The number of aryl methyl sites for hydroxylation is 1. The Bertz CT molecular complexity index is 1290. The maximum Gasteiger partial charge on any atom is 0.0786 e. The lowest BCUT2D eigenvalue weighted by molar-refractivity contribution is 0.161. The van der Waals surface area contributed by atoms with E-state index in [-0.39, 0.29) is 0 Å². The molecule has 5 heteroatoms. The molecule has 2 N–H and O–H groups in total. The van der Waals surface area contributed by atoms with E-state index in [2.05, 4.69) is 51.9 Å². The number of fused-ring (bicyclic) bond motifs is 4. The maximum absolute atomic E-state index is 5.87. The Morgan fingerprint density at radius 1 is 0.941 bits per heavy atom. The third-order valence-corrected chi connectivity index (χ3v) is 7.75. The third kappa shape index (κ3) is 4.12. The standard InChI is InChI=1S/C29H35N5/c30-15-3-4-18-33(27-11-5-7-22-8-6-16-32-28(22)27)20-25-29-24(14-17-31-25)23-9-1-2-10-26(23)34(29)19-21-12-13-21/h1-2,6,8-10,14,16-17,21,27H,3-5,7,11-13,15,18-20,30H2. The van der Waals surface area contributed by atoms with Crippen LogP contribution >= 0.6 is 0 Å². The molecule has 34 heavy (non-hydrogen) atoms. The van der Waals surface area contributed by atoms with Gasteiger partial charge < -0.3 is 10.3 Å². The van der Waals surface area contributed by atoms with Gasteiger partial charge in [0, 0.05) is 41.8 Å². The number of hydrogen-bond acceptors (Lipinski definition) is 4. The monoisotopic (exact) mass is 453 g/mol. The van der Waals surface area contributed by atoms with Crippen LogP contribution in [0.25, 0.3) is 21.8 Å². The van der Waals surface area contributed by atoms with Crippen molar-refractivity contribution in [2.75, 3.05) is 13.1 Å². The van der Waals surface area contributed by atoms with Crippen LogP contribution in [0.3, 0.4) is 0 Å². The van der Waals surface area contributed by atoms with Gasteiger partial charge >= 0.3 is 0 Å². The molecule has 4 aromatic rings. The summed E-state index contributed by atoms with van der Waals surface area (Å²) in [5.41, 5.74) is 12.4. The summed E-state index contributed by atoms with van der Waals surface area (Å²) >= 11 is 0. The van der Waals surface area contributed by atoms with E-state index >= 15 is 0 Å². The quantitative estimate of drug-likeness (QED) is 0.335. The molecule has 6 rings (SSSR count). The molecule has 0 saturated heterocycles. The second-order valence-corrected chi connectivity index (χ2v) is 10.1. The van der Waals surface area contributed by atoms with E-state index in [9.17, 15) is 0 Å². The molecular formula is C29H35N5. The first-order valence-corrected chi connectivity index (χ1v) is 13.1. The van der Waals surface area contributed by atoms with E-state index in [1.807, 2.05) is 12.4 Å². The molecule has 1 aromatic carbocycles. The van der Waals surface area contributed by atoms with Gasteiger partial charge in [0.2, 0.25) is 0 Å². The number of nitrogens with zero attached hydrogens (tertiary/aromatic N) is 4. The predicted molar refractivity (Wildman–Crippen MR) is 139 cm³/mol. The summed E-state index contributed by atoms with van der Waals surface area (Å²) in [4.78, 5) is 12.5. The predicted octanol–water partition coefficient (Wildman–Crippen LogP) is 5.61. The van der Waals surface area contributed by atoms with Gasteiger partial charge in [-0.25, -0.2) is 0 Å². The molecule has 0 radical (unpaired) electrons. The van der Waals surface area contributed by atoms with Gasteiger partial charge in [-0.3, -0.25) is 14.9 Å². The SMILES string of the molecule is NCCCCN(Cc1nccc2c3ccccc3n(CC3CC3)c12)C1CCCc2cccnc21. The van der Waals surface area contributed by atoms with Crippen LogP contribution in [0.1, 0.15) is 61.5 Å². The van der Waals surface area contributed by atoms with Crippen LogP contribution in [-0.4, -0.2) is 32.5 Å². The lowest BCUT2D eigenvalue weighted by atomic mass is 9.90. The van der Waals surface area contributed by atoms with Gasteiger partial charge in [0.25, 0.3) is 0 Å². The summed E-state index contributed by atoms with van der Waals surface area (Å²) in [6, 6.07) is 15.8. The van der Waals surface area contributed by atoms with Crippen LogP contribution in [-0.2, 0) is 19.5 Å². The third-order valence-electron chi connectivity index (χ3n) is 7.75. The zero-order chi connectivity index (χ0) is 22.9. The highest BCUT2D eigenvalue weighted by molar-refractivity contribution is 6.08. The number of pyridine rings is 2. The van der Waals surface area contributed by atoms with Gasteiger partial charge in [-0.05, 0) is 87.7 Å². The van der Waals surface area contributed by atoms with Crippen LogP contribution in [0, 0.1) is 5.92 Å². The van der Waals surface area contributed by atoms with Crippen molar-refractivity contribution in [1.82, 2.24) is 19.4 Å². The summed E-state index contributed by atoms with van der Waals surface area (Å²) < 4.78 is 2.57. The van der Waals surface area contributed by atoms with E-state index in [0.717, 1.165) is 57.8 Å². The van der Waals surface area contributed by atoms with E-state index in [1.54, 1.807) is 0 Å². The molecule has 0 amide bonds. The van der Waals surface area contributed by atoms with Crippen molar-refractivity contribution in [3.63, 3.8) is 0 Å². The van der Waals surface area contributed by atoms with E-state index in [0.29, 0.717) is 6.04 Å². The van der Waals surface area contributed by atoms with Gasteiger partial charge in [0.05, 0.1) is 22.9 Å². The largest absolute Gasteiger partial charge is 0.339 e. The van der Waals surface area contributed by atoms with Gasteiger partial charge in [-0.2, -0.15) is 0 Å². The number of rotatable bonds is 9. The normalized spacial score (nSPS) is 18.1. The van der Waals surface area contributed by atoms with Crippen molar-refractivity contribution in [3.8, 4) is 0 Å². The molecule has 2 aliphatic rings. The van der Waals surface area contributed by atoms with Gasteiger partial charge in [-0.15, -0.1) is 0 Å². The van der Waals surface area contributed by atoms with Crippen molar-refractivity contribution in [2.45, 2.75) is 64.1 Å². The molecule has 176 valence electrons. The number of aromatic nitrogens is 3. The molecule has 0 aliphatic heterocycles. The van der Waals surface area contributed by atoms with Crippen molar-refractivity contribution < 1.29 is 0 Å². The molecule has 1 unspecified atom stereocenters. The van der Waals surface area contributed by atoms with Crippen LogP contribution in [0.4, 0.5) is 0 Å². The highest BCUT2D eigenvalue weighted by atomic mass is 15.2. The zero-order valence-corrected chi connectivity index (χ0v) is 20.0. The molecule has 1 fully saturated rings. The maximum atomic E-state index is 5.87. The van der Waals surface area contributed by atoms with Gasteiger partial charge in [0.1, 0.15) is 0 Å². The molecule has 1 atom stereocenters. The number of hydrogen-bond donors (Lipinski definition) is 1. The Kier molecular flexibility index (Phi) is 6.06. The zero-order valence-electron chi connectivity index (χ0n) is 20.0. The fourth-order valence-corrected chi connectivity index (χ4v) is 5.87. The van der Waals surface area contributed by atoms with Crippen LogP contribution in [0.2, 0.25) is 0 Å². The van der Waals surface area contributed by atoms with Crippen molar-refractivity contribution in [2.24, 2.45) is 11.7 Å². The van der Waals surface area contributed by atoms with E-state index in [1.165, 1.54) is 58.0 Å². The van der Waals surface area contributed by atoms with Crippen molar-refractivity contribution in [1.29, 1.82) is 0 Å². The minimum atomic E-state index is 0.348. The Balaban J connectivity index is 1.42. The Morgan fingerprint density at radius 2 is 1.85 bits per heavy atom. The molecule has 3 heterocycles. The van der Waals surface area contributed by atoms with Crippen molar-refractivity contribution in [3.05, 3.63) is 71.8 Å². The average Bonchev–Trinajstić information content (AvgIpc) is 3.65. The lowest BCUT2D eigenvalue weighted by Crippen LogP contribution is -2.33. The van der Waals surface area contributed by atoms with E-state index < -0.39 is 0 Å². The minimum Gasteiger partial charge on any atom is -0.339 e. The minimum absolute atomic E-state index is 0.348. The second kappa shape index (κ2) is 9.47. The highest BCUT2D eigenvalue weighted by Gasteiger charge is 2.29. The van der Waals surface area contributed by atoms with Crippen molar-refractivity contribution >= 4 is 21.8 Å². The molecule has 0 bridgehead atoms. The molecular weight excluding hydrogens is 418 g/mol. The number of para-hydroxylation sites is 1. The first kappa shape index (κ1) is 21.8. The fraction of sp³-hybridized carbons (Fsp3) is 0.448. The first-order chi connectivity index (χ1) is 16.8. The second-order valence-electron chi connectivity index (χ2n) is 10.1. The smallest absolute Gasteiger partial charge is 0.0786 e. The average molecular weight is 454 g/mol. The van der Waals surface area contributed by atoms with Crippen LogP contribution in [0.15, 0.2) is 54.9 Å². The van der Waals surface area contributed by atoms with Crippen LogP contribution in [0.5, 0.6) is 0 Å². The highest BCUT2D eigenvalue weighted by Crippen LogP contribution is 2.38. The number of unbranched alkanes of at least 4 members (excludes halogenated alkanes) is 1. The Labute approximate surface area is 202 Å². The summed E-state index contributed by atoms with van der Waals surface area (Å²) in [6.07, 6.45) is 12.3. The van der Waals surface area contributed by atoms with Gasteiger partial charge in [0.15, 0.2) is 0 Å². The molecule has 5 nitrogen and oxygen atoms in total. The van der Waals surface area contributed by atoms with Crippen LogP contribution < -0.4 is 5.73 Å². The molecule has 0 spiro atoms. The fourth-order valence-electron chi connectivity index (χ4n) is 5.87. The Morgan fingerprint density at radius 3 is 2.74 bits per heavy atom. The van der Waals surface area contributed by atoms with Gasteiger partial charge in [-0.1, -0.05) is 24.3 Å². The summed E-state index contributed by atoms with van der Waals surface area (Å²) in [7, 11) is 0. The molecule has 2 aliphatic carbocycles. The lowest BCUT2D eigenvalue weighted by Gasteiger charge is -2.35. The number of benzene rings is 1. The molecule has 3 aromatic heterocycles. The summed E-state index contributed by atoms with van der Waals surface area (Å²) in [5.74, 6) is 0.808. The number of nitrogens with two attached hydrogens (primary N) is 1. The topological polar surface area (TPSA) is 60.0 Å².